The maximum absolute atomic E-state index is 12.0. The standard InChI is InChI=1S/C15H21ClN4O3/c1-9-3-2-4-11(9)18-15(22)23-10-5-6-20(8-10)12-7-17-19-14(21)13(12)16/h7,9-11H,2-6,8H2,1H3,(H,18,22)(H,19,21)/t9-,10-,11-/m1/s1. The van der Waals surface area contributed by atoms with Crippen LogP contribution in [-0.4, -0.2) is 41.5 Å². The molecule has 1 aliphatic carbocycles. The highest BCUT2D eigenvalue weighted by Crippen LogP contribution is 2.27. The van der Waals surface area contributed by atoms with Gasteiger partial charge in [0, 0.05) is 19.0 Å². The Hall–Kier alpha value is -1.76. The molecule has 126 valence electrons. The van der Waals surface area contributed by atoms with Crippen LogP contribution in [0.25, 0.3) is 0 Å². The van der Waals surface area contributed by atoms with E-state index in [0.717, 1.165) is 19.3 Å². The number of carbonyl (C=O) groups excluding carboxylic acids is 1. The zero-order chi connectivity index (χ0) is 16.4. The second-order valence-corrected chi connectivity index (χ2v) is 6.70. The van der Waals surface area contributed by atoms with Gasteiger partial charge < -0.3 is 15.0 Å². The number of rotatable bonds is 3. The molecule has 1 saturated carbocycles. The molecular weight excluding hydrogens is 320 g/mol. The molecule has 3 rings (SSSR count). The fraction of sp³-hybridized carbons (Fsp3) is 0.667. The minimum absolute atomic E-state index is 0.116. The Morgan fingerprint density at radius 1 is 1.48 bits per heavy atom. The van der Waals surface area contributed by atoms with Crippen LogP contribution in [0.4, 0.5) is 10.5 Å². The predicted octanol–water partition coefficient (Wildman–Crippen LogP) is 1.92. The molecule has 8 heteroatoms. The van der Waals surface area contributed by atoms with Crippen molar-refractivity contribution in [1.29, 1.82) is 0 Å². The molecule has 1 amide bonds. The number of carbonyl (C=O) groups is 1. The summed E-state index contributed by atoms with van der Waals surface area (Å²) < 4.78 is 5.50. The van der Waals surface area contributed by atoms with Gasteiger partial charge in [0.05, 0.1) is 18.4 Å². The molecule has 0 unspecified atom stereocenters. The molecular formula is C15H21ClN4O3. The van der Waals surface area contributed by atoms with Gasteiger partial charge in [0.15, 0.2) is 0 Å². The summed E-state index contributed by atoms with van der Waals surface area (Å²) in [6.07, 6.45) is 4.98. The summed E-state index contributed by atoms with van der Waals surface area (Å²) in [6, 6.07) is 0.214. The van der Waals surface area contributed by atoms with E-state index in [0.29, 0.717) is 31.1 Å². The van der Waals surface area contributed by atoms with E-state index in [1.165, 1.54) is 6.20 Å². The van der Waals surface area contributed by atoms with E-state index in [-0.39, 0.29) is 23.3 Å². The third kappa shape index (κ3) is 3.60. The maximum atomic E-state index is 12.0. The third-order valence-electron chi connectivity index (χ3n) is 4.70. The average molecular weight is 341 g/mol. The van der Waals surface area contributed by atoms with E-state index in [9.17, 15) is 9.59 Å². The number of H-pyrrole nitrogens is 1. The van der Waals surface area contributed by atoms with Crippen LogP contribution in [0, 0.1) is 5.92 Å². The number of aromatic amines is 1. The first-order chi connectivity index (χ1) is 11.0. The second-order valence-electron chi connectivity index (χ2n) is 6.32. The summed E-state index contributed by atoms with van der Waals surface area (Å²) in [4.78, 5) is 25.4. The molecule has 23 heavy (non-hydrogen) atoms. The van der Waals surface area contributed by atoms with Crippen LogP contribution >= 0.6 is 11.6 Å². The van der Waals surface area contributed by atoms with Crippen molar-refractivity contribution in [3.05, 3.63) is 21.6 Å². The lowest BCUT2D eigenvalue weighted by molar-refractivity contribution is 0.103. The van der Waals surface area contributed by atoms with Crippen molar-refractivity contribution < 1.29 is 9.53 Å². The molecule has 2 N–H and O–H groups in total. The molecule has 7 nitrogen and oxygen atoms in total. The van der Waals surface area contributed by atoms with Crippen LogP contribution in [0.5, 0.6) is 0 Å². The molecule has 0 radical (unpaired) electrons. The van der Waals surface area contributed by atoms with Crippen molar-refractivity contribution in [1.82, 2.24) is 15.5 Å². The van der Waals surface area contributed by atoms with Gasteiger partial charge in [-0.1, -0.05) is 24.9 Å². The number of halogens is 1. The van der Waals surface area contributed by atoms with Crippen molar-refractivity contribution in [3.8, 4) is 0 Å². The van der Waals surface area contributed by atoms with Crippen molar-refractivity contribution in [2.45, 2.75) is 44.8 Å². The zero-order valence-corrected chi connectivity index (χ0v) is 13.8. The van der Waals surface area contributed by atoms with Crippen LogP contribution in [-0.2, 0) is 4.74 Å². The Balaban J connectivity index is 1.54. The Bertz CT molecular complexity index is 635. The van der Waals surface area contributed by atoms with Gasteiger partial charge in [-0.3, -0.25) is 4.79 Å². The Labute approximate surface area is 139 Å². The molecule has 2 fully saturated rings. The Morgan fingerprint density at radius 2 is 2.30 bits per heavy atom. The van der Waals surface area contributed by atoms with Gasteiger partial charge in [0.1, 0.15) is 11.1 Å². The fourth-order valence-electron chi connectivity index (χ4n) is 3.33. The summed E-state index contributed by atoms with van der Waals surface area (Å²) in [7, 11) is 0. The molecule has 0 spiro atoms. The van der Waals surface area contributed by atoms with E-state index in [1.54, 1.807) is 0 Å². The van der Waals surface area contributed by atoms with Gasteiger partial charge in [-0.05, 0) is 18.8 Å². The van der Waals surface area contributed by atoms with Crippen molar-refractivity contribution in [2.24, 2.45) is 5.92 Å². The number of anilines is 1. The highest BCUT2D eigenvalue weighted by molar-refractivity contribution is 6.33. The van der Waals surface area contributed by atoms with E-state index in [1.807, 2.05) is 4.90 Å². The molecule has 0 aromatic carbocycles. The van der Waals surface area contributed by atoms with E-state index < -0.39 is 5.56 Å². The number of nitrogens with one attached hydrogen (secondary N) is 2. The number of ether oxygens (including phenoxy) is 1. The second kappa shape index (κ2) is 6.78. The van der Waals surface area contributed by atoms with Gasteiger partial charge >= 0.3 is 6.09 Å². The molecule has 1 saturated heterocycles. The first-order valence-corrected chi connectivity index (χ1v) is 8.37. The van der Waals surface area contributed by atoms with Gasteiger partial charge in [-0.2, -0.15) is 5.10 Å². The maximum Gasteiger partial charge on any atom is 0.407 e. The quantitative estimate of drug-likeness (QED) is 0.877. The normalized spacial score (nSPS) is 27.2. The Morgan fingerprint density at radius 3 is 3.04 bits per heavy atom. The number of hydrogen-bond acceptors (Lipinski definition) is 5. The van der Waals surface area contributed by atoms with E-state index in [2.05, 4.69) is 22.4 Å². The number of alkyl carbamates (subject to hydrolysis) is 1. The molecule has 1 aliphatic heterocycles. The molecule has 3 atom stereocenters. The van der Waals surface area contributed by atoms with Crippen molar-refractivity contribution in [3.63, 3.8) is 0 Å². The minimum atomic E-state index is -0.415. The van der Waals surface area contributed by atoms with Crippen LogP contribution in [0.2, 0.25) is 5.02 Å². The van der Waals surface area contributed by atoms with Gasteiger partial charge in [-0.25, -0.2) is 9.89 Å². The molecule has 1 aromatic heterocycles. The SMILES string of the molecule is C[C@@H]1CCC[C@H]1NC(=O)O[C@@H]1CCN(c2cn[nH]c(=O)c2Cl)C1. The average Bonchev–Trinajstić information content (AvgIpc) is 3.12. The van der Waals surface area contributed by atoms with Crippen molar-refractivity contribution in [2.75, 3.05) is 18.0 Å². The van der Waals surface area contributed by atoms with Crippen LogP contribution in [0.1, 0.15) is 32.6 Å². The molecule has 0 bridgehead atoms. The Kier molecular flexibility index (Phi) is 4.75. The van der Waals surface area contributed by atoms with Gasteiger partial charge in [0.2, 0.25) is 0 Å². The van der Waals surface area contributed by atoms with Crippen LogP contribution < -0.4 is 15.8 Å². The predicted molar refractivity (Wildman–Crippen MR) is 86.9 cm³/mol. The number of aromatic nitrogens is 2. The summed E-state index contributed by atoms with van der Waals surface area (Å²) in [5, 5.41) is 9.13. The monoisotopic (exact) mass is 340 g/mol. The molecule has 2 heterocycles. The number of nitrogens with zero attached hydrogens (tertiary/aromatic N) is 2. The molecule has 2 aliphatic rings. The lowest BCUT2D eigenvalue weighted by Crippen LogP contribution is -2.39. The van der Waals surface area contributed by atoms with Crippen LogP contribution in [0.15, 0.2) is 11.0 Å². The van der Waals surface area contributed by atoms with E-state index in [4.69, 9.17) is 16.3 Å². The minimum Gasteiger partial charge on any atom is -0.444 e. The zero-order valence-electron chi connectivity index (χ0n) is 13.0. The smallest absolute Gasteiger partial charge is 0.407 e. The topological polar surface area (TPSA) is 87.3 Å². The lowest BCUT2D eigenvalue weighted by atomic mass is 10.1. The van der Waals surface area contributed by atoms with Crippen molar-refractivity contribution >= 4 is 23.4 Å². The van der Waals surface area contributed by atoms with Gasteiger partial charge in [0.25, 0.3) is 5.56 Å². The first kappa shape index (κ1) is 16.1. The number of amides is 1. The molecule has 1 aromatic rings. The van der Waals surface area contributed by atoms with E-state index >= 15 is 0 Å². The highest BCUT2D eigenvalue weighted by Gasteiger charge is 2.30. The third-order valence-corrected chi connectivity index (χ3v) is 5.07. The first-order valence-electron chi connectivity index (χ1n) is 8.00. The lowest BCUT2D eigenvalue weighted by Gasteiger charge is -2.20. The highest BCUT2D eigenvalue weighted by atomic mass is 35.5. The van der Waals surface area contributed by atoms with Crippen LogP contribution in [0.3, 0.4) is 0 Å². The van der Waals surface area contributed by atoms with Gasteiger partial charge in [-0.15, -0.1) is 0 Å². The summed E-state index contributed by atoms with van der Waals surface area (Å²) >= 11 is 6.01. The summed E-state index contributed by atoms with van der Waals surface area (Å²) in [5.74, 6) is 0.503. The fourth-order valence-corrected chi connectivity index (χ4v) is 3.55. The summed E-state index contributed by atoms with van der Waals surface area (Å²) in [5.41, 5.74) is 0.160. The summed E-state index contributed by atoms with van der Waals surface area (Å²) in [6.45, 7) is 3.33. The number of hydrogen-bond donors (Lipinski definition) is 2. The largest absolute Gasteiger partial charge is 0.444 e.